The molecule has 3 aromatic carbocycles. The van der Waals surface area contributed by atoms with Gasteiger partial charge in [0.15, 0.2) is 0 Å². The number of nitrogens with one attached hydrogen (secondary N) is 1. The van der Waals surface area contributed by atoms with Gasteiger partial charge in [0, 0.05) is 17.1 Å². The first-order valence-corrected chi connectivity index (χ1v) is 16.0. The Kier molecular flexibility index (Phi) is 10.2. The highest BCUT2D eigenvalue weighted by Crippen LogP contribution is 2.26. The average Bonchev–Trinajstić information content (AvgIpc) is 2.96. The maximum atomic E-state index is 14.0. The molecule has 0 unspecified atom stereocenters. The van der Waals surface area contributed by atoms with Crippen molar-refractivity contribution in [1.82, 2.24) is 10.2 Å². The van der Waals surface area contributed by atoms with Gasteiger partial charge in [0.1, 0.15) is 18.4 Å². The fourth-order valence-electron chi connectivity index (χ4n) is 4.91. The first kappa shape index (κ1) is 30.7. The van der Waals surface area contributed by atoms with Crippen LogP contribution in [-0.2, 0) is 26.2 Å². The largest absolute Gasteiger partial charge is 0.352 e. The zero-order valence-electron chi connectivity index (χ0n) is 23.2. The van der Waals surface area contributed by atoms with Crippen LogP contribution in [0.2, 0.25) is 0 Å². The Morgan fingerprint density at radius 3 is 2.17 bits per heavy atom. The van der Waals surface area contributed by atoms with Gasteiger partial charge in [-0.2, -0.15) is 0 Å². The zero-order valence-corrected chi connectivity index (χ0v) is 25.6. The lowest BCUT2D eigenvalue weighted by Gasteiger charge is -2.33. The third-order valence-corrected chi connectivity index (χ3v) is 9.70. The van der Waals surface area contributed by atoms with Crippen LogP contribution in [0.15, 0.2) is 82.2 Å². The Morgan fingerprint density at radius 1 is 0.951 bits per heavy atom. The number of sulfonamides is 1. The summed E-state index contributed by atoms with van der Waals surface area (Å²) < 4.78 is 43.2. The van der Waals surface area contributed by atoms with Crippen molar-refractivity contribution in [3.8, 4) is 0 Å². The van der Waals surface area contributed by atoms with E-state index in [1.165, 1.54) is 29.2 Å². The van der Waals surface area contributed by atoms with Crippen molar-refractivity contribution in [3.63, 3.8) is 0 Å². The molecule has 1 fully saturated rings. The van der Waals surface area contributed by atoms with Crippen LogP contribution in [0.25, 0.3) is 0 Å². The Bertz CT molecular complexity index is 1440. The number of halogens is 2. The summed E-state index contributed by atoms with van der Waals surface area (Å²) in [6.45, 7) is 2.98. The Labute approximate surface area is 249 Å². The van der Waals surface area contributed by atoms with Crippen LogP contribution in [-0.4, -0.2) is 43.8 Å². The minimum Gasteiger partial charge on any atom is -0.352 e. The summed E-state index contributed by atoms with van der Waals surface area (Å²) in [5.41, 5.74) is 1.83. The maximum Gasteiger partial charge on any atom is 0.264 e. The number of hydrogen-bond acceptors (Lipinski definition) is 4. The standard InChI is InChI=1S/C31H35BrFN3O4S/c1-22-8-18-29(19-9-22)41(39,40)36(28-16-12-25(32)13-17-28)21-30(37)35(20-24-10-14-26(33)15-11-24)23(2)31(38)34-27-6-4-3-5-7-27/h8-19,23,27H,3-7,20-21H2,1-2H3,(H,34,38)/t23-/m0/s1. The van der Waals surface area contributed by atoms with Crippen molar-refractivity contribution in [2.45, 2.75) is 69.5 Å². The summed E-state index contributed by atoms with van der Waals surface area (Å²) in [5, 5.41) is 3.07. The van der Waals surface area contributed by atoms with Crippen LogP contribution >= 0.6 is 15.9 Å². The van der Waals surface area contributed by atoms with Crippen LogP contribution in [0.3, 0.4) is 0 Å². The Hall–Kier alpha value is -3.24. The predicted octanol–water partition coefficient (Wildman–Crippen LogP) is 5.96. The van der Waals surface area contributed by atoms with Gasteiger partial charge in [-0.1, -0.05) is 65.0 Å². The van der Waals surface area contributed by atoms with Gasteiger partial charge in [0.25, 0.3) is 10.0 Å². The van der Waals surface area contributed by atoms with E-state index in [1.807, 2.05) is 6.92 Å². The number of hydrogen-bond donors (Lipinski definition) is 1. The van der Waals surface area contributed by atoms with Gasteiger partial charge >= 0.3 is 0 Å². The van der Waals surface area contributed by atoms with Crippen molar-refractivity contribution in [2.24, 2.45) is 0 Å². The molecule has 0 spiro atoms. The second-order valence-corrected chi connectivity index (χ2v) is 13.2. The zero-order chi connectivity index (χ0) is 29.6. The first-order chi connectivity index (χ1) is 19.5. The number of amides is 2. The van der Waals surface area contributed by atoms with Gasteiger partial charge < -0.3 is 10.2 Å². The number of benzene rings is 3. The van der Waals surface area contributed by atoms with Crippen molar-refractivity contribution in [3.05, 3.63) is 94.2 Å². The van der Waals surface area contributed by atoms with Gasteiger partial charge in [0.05, 0.1) is 10.6 Å². The molecule has 0 bridgehead atoms. The van der Waals surface area contributed by atoms with Crippen LogP contribution in [0.1, 0.15) is 50.2 Å². The minimum absolute atomic E-state index is 0.0110. The molecular formula is C31H35BrFN3O4S. The molecule has 0 aromatic heterocycles. The van der Waals surface area contributed by atoms with E-state index in [2.05, 4.69) is 21.2 Å². The number of nitrogens with zero attached hydrogens (tertiary/aromatic N) is 2. The number of carbonyl (C=O) groups excluding carboxylic acids is 2. The lowest BCUT2D eigenvalue weighted by Crippen LogP contribution is -2.53. The Morgan fingerprint density at radius 2 is 1.56 bits per heavy atom. The highest BCUT2D eigenvalue weighted by Gasteiger charge is 2.33. The summed E-state index contributed by atoms with van der Waals surface area (Å²) in [6.07, 6.45) is 4.98. The molecule has 3 aromatic rings. The third kappa shape index (κ3) is 7.95. The summed E-state index contributed by atoms with van der Waals surface area (Å²) >= 11 is 3.38. The van der Waals surface area contributed by atoms with Crippen molar-refractivity contribution < 1.29 is 22.4 Å². The molecule has 1 saturated carbocycles. The second-order valence-electron chi connectivity index (χ2n) is 10.5. The summed E-state index contributed by atoms with van der Waals surface area (Å²) in [7, 11) is -4.14. The molecule has 10 heteroatoms. The molecule has 41 heavy (non-hydrogen) atoms. The van der Waals surface area contributed by atoms with Gasteiger partial charge in [-0.05, 0) is 80.8 Å². The Balaban J connectivity index is 1.66. The molecule has 2 amide bonds. The fraction of sp³-hybridized carbons (Fsp3) is 0.355. The van der Waals surface area contributed by atoms with Gasteiger partial charge in [-0.15, -0.1) is 0 Å². The molecule has 0 saturated heterocycles. The van der Waals surface area contributed by atoms with Crippen molar-refractivity contribution in [1.29, 1.82) is 0 Å². The van der Waals surface area contributed by atoms with E-state index < -0.39 is 34.3 Å². The van der Waals surface area contributed by atoms with Gasteiger partial charge in [-0.25, -0.2) is 12.8 Å². The lowest BCUT2D eigenvalue weighted by atomic mass is 9.95. The molecule has 7 nitrogen and oxygen atoms in total. The number of rotatable bonds is 10. The van der Waals surface area contributed by atoms with E-state index >= 15 is 0 Å². The normalized spacial score (nSPS) is 14.7. The number of aryl methyl sites for hydroxylation is 1. The predicted molar refractivity (Wildman–Crippen MR) is 161 cm³/mol. The van der Waals surface area contributed by atoms with E-state index in [0.717, 1.165) is 46.4 Å². The van der Waals surface area contributed by atoms with E-state index in [1.54, 1.807) is 55.5 Å². The quantitative estimate of drug-likeness (QED) is 0.295. The summed E-state index contributed by atoms with van der Waals surface area (Å²) in [5.74, 6) is -1.27. The molecule has 0 aliphatic heterocycles. The molecule has 1 N–H and O–H groups in total. The van der Waals surface area contributed by atoms with E-state index in [0.29, 0.717) is 11.3 Å². The summed E-state index contributed by atoms with van der Waals surface area (Å²) in [6, 6.07) is 17.9. The molecule has 4 rings (SSSR count). The van der Waals surface area contributed by atoms with E-state index in [4.69, 9.17) is 0 Å². The van der Waals surface area contributed by atoms with Gasteiger partial charge in [-0.3, -0.25) is 13.9 Å². The first-order valence-electron chi connectivity index (χ1n) is 13.7. The SMILES string of the molecule is Cc1ccc(S(=O)(=O)N(CC(=O)N(Cc2ccc(F)cc2)[C@@H](C)C(=O)NC2CCCCC2)c2ccc(Br)cc2)cc1. The lowest BCUT2D eigenvalue weighted by molar-refractivity contribution is -0.139. The van der Waals surface area contributed by atoms with Gasteiger partial charge in [0.2, 0.25) is 11.8 Å². The fourth-order valence-corrected chi connectivity index (χ4v) is 6.59. The van der Waals surface area contributed by atoms with Crippen molar-refractivity contribution in [2.75, 3.05) is 10.8 Å². The molecule has 218 valence electrons. The summed E-state index contributed by atoms with van der Waals surface area (Å²) in [4.78, 5) is 28.7. The van der Waals surface area contributed by atoms with E-state index in [-0.39, 0.29) is 23.4 Å². The molecule has 1 atom stereocenters. The van der Waals surface area contributed by atoms with Crippen LogP contribution in [0.4, 0.5) is 10.1 Å². The number of anilines is 1. The smallest absolute Gasteiger partial charge is 0.264 e. The van der Waals surface area contributed by atoms with Crippen LogP contribution in [0, 0.1) is 12.7 Å². The second kappa shape index (κ2) is 13.6. The van der Waals surface area contributed by atoms with Crippen LogP contribution in [0.5, 0.6) is 0 Å². The molecular weight excluding hydrogens is 609 g/mol. The average molecular weight is 645 g/mol. The monoisotopic (exact) mass is 643 g/mol. The highest BCUT2D eigenvalue weighted by molar-refractivity contribution is 9.10. The molecule has 1 aliphatic carbocycles. The maximum absolute atomic E-state index is 14.0. The topological polar surface area (TPSA) is 86.8 Å². The van der Waals surface area contributed by atoms with Crippen molar-refractivity contribution >= 4 is 43.5 Å². The van der Waals surface area contributed by atoms with E-state index in [9.17, 15) is 22.4 Å². The molecule has 0 radical (unpaired) electrons. The third-order valence-electron chi connectivity index (χ3n) is 7.39. The minimum atomic E-state index is -4.14. The number of carbonyl (C=O) groups is 2. The van der Waals surface area contributed by atoms with Crippen LogP contribution < -0.4 is 9.62 Å². The molecule has 0 heterocycles. The molecule has 1 aliphatic rings. The highest BCUT2D eigenvalue weighted by atomic mass is 79.9.